The van der Waals surface area contributed by atoms with Crippen molar-refractivity contribution in [2.24, 2.45) is 23.3 Å². The minimum absolute atomic E-state index is 0.0784. The monoisotopic (exact) mass is 170 g/mol. The molecule has 0 aromatic heterocycles. The zero-order valence-corrected chi connectivity index (χ0v) is 7.46. The second-order valence-electron chi connectivity index (χ2n) is 3.64. The number of primary amides is 1. The summed E-state index contributed by atoms with van der Waals surface area (Å²) >= 11 is 0. The highest BCUT2D eigenvalue weighted by molar-refractivity contribution is 5.77. The van der Waals surface area contributed by atoms with Gasteiger partial charge in [-0.3, -0.25) is 4.79 Å². The molecular formula is C9H18N2O. The van der Waals surface area contributed by atoms with Crippen LogP contribution in [-0.2, 0) is 4.79 Å². The Labute approximate surface area is 73.5 Å². The Bertz CT molecular complexity index is 153. The highest BCUT2D eigenvalue weighted by Crippen LogP contribution is 2.29. The Morgan fingerprint density at radius 3 is 2.33 bits per heavy atom. The van der Waals surface area contributed by atoms with Crippen molar-refractivity contribution in [1.29, 1.82) is 0 Å². The van der Waals surface area contributed by atoms with Gasteiger partial charge in [0, 0.05) is 6.54 Å². The maximum Gasteiger partial charge on any atom is 0.222 e. The van der Waals surface area contributed by atoms with Crippen LogP contribution in [0, 0.1) is 11.8 Å². The topological polar surface area (TPSA) is 69.1 Å². The molecule has 0 heterocycles. The fourth-order valence-corrected chi connectivity index (χ4v) is 2.08. The molecule has 0 radical (unpaired) electrons. The Hall–Kier alpha value is -0.570. The van der Waals surface area contributed by atoms with E-state index >= 15 is 0 Å². The zero-order valence-electron chi connectivity index (χ0n) is 7.46. The number of hydrogen-bond acceptors (Lipinski definition) is 2. The van der Waals surface area contributed by atoms with E-state index in [0.29, 0.717) is 12.5 Å². The fourth-order valence-electron chi connectivity index (χ4n) is 2.08. The minimum Gasteiger partial charge on any atom is -0.369 e. The van der Waals surface area contributed by atoms with Gasteiger partial charge in [0.2, 0.25) is 5.91 Å². The smallest absolute Gasteiger partial charge is 0.222 e. The van der Waals surface area contributed by atoms with Gasteiger partial charge in [0.15, 0.2) is 0 Å². The molecule has 0 bridgehead atoms. The van der Waals surface area contributed by atoms with E-state index in [9.17, 15) is 4.79 Å². The van der Waals surface area contributed by atoms with Crippen molar-refractivity contribution in [3.63, 3.8) is 0 Å². The number of carbonyl (C=O) groups excluding carboxylic acids is 1. The molecule has 1 aliphatic rings. The number of carbonyl (C=O) groups is 1. The molecule has 0 saturated heterocycles. The molecule has 3 nitrogen and oxygen atoms in total. The highest BCUT2D eigenvalue weighted by atomic mass is 16.1. The summed E-state index contributed by atoms with van der Waals surface area (Å²) in [5.41, 5.74) is 10.8. The first-order valence-corrected chi connectivity index (χ1v) is 4.75. The van der Waals surface area contributed by atoms with Crippen LogP contribution in [0.25, 0.3) is 0 Å². The Morgan fingerprint density at radius 1 is 1.33 bits per heavy atom. The minimum atomic E-state index is -0.218. The second-order valence-corrected chi connectivity index (χ2v) is 3.64. The van der Waals surface area contributed by atoms with Gasteiger partial charge in [0.25, 0.3) is 0 Å². The fraction of sp³-hybridized carbons (Fsp3) is 0.889. The lowest BCUT2D eigenvalue weighted by molar-refractivity contribution is -0.123. The summed E-state index contributed by atoms with van der Waals surface area (Å²) in [6.45, 7) is 0.417. The first-order valence-electron chi connectivity index (χ1n) is 4.75. The van der Waals surface area contributed by atoms with Crippen molar-refractivity contribution >= 4 is 5.91 Å². The molecule has 1 amide bonds. The predicted octanol–water partition coefficient (Wildman–Crippen LogP) is 0.627. The van der Waals surface area contributed by atoms with Crippen molar-refractivity contribution in [2.45, 2.75) is 32.1 Å². The average Bonchev–Trinajstić information content (AvgIpc) is 2.07. The van der Waals surface area contributed by atoms with Crippen LogP contribution in [0.1, 0.15) is 32.1 Å². The largest absolute Gasteiger partial charge is 0.369 e. The molecule has 70 valence electrons. The molecule has 0 unspecified atom stereocenters. The van der Waals surface area contributed by atoms with E-state index in [1.54, 1.807) is 0 Å². The molecule has 0 aliphatic heterocycles. The summed E-state index contributed by atoms with van der Waals surface area (Å²) in [5.74, 6) is 0.163. The highest BCUT2D eigenvalue weighted by Gasteiger charge is 2.26. The van der Waals surface area contributed by atoms with Crippen LogP contribution in [0.4, 0.5) is 0 Å². The van der Waals surface area contributed by atoms with Gasteiger partial charge in [-0.05, 0) is 18.8 Å². The summed E-state index contributed by atoms with van der Waals surface area (Å²) in [6.07, 6.45) is 6.02. The molecule has 1 atom stereocenters. The summed E-state index contributed by atoms with van der Waals surface area (Å²) in [7, 11) is 0. The van der Waals surface area contributed by atoms with Crippen molar-refractivity contribution in [3.05, 3.63) is 0 Å². The molecule has 0 aromatic rings. The van der Waals surface area contributed by atoms with Crippen LogP contribution in [0.3, 0.4) is 0 Å². The Balaban J connectivity index is 2.46. The summed E-state index contributed by atoms with van der Waals surface area (Å²) in [4.78, 5) is 11.0. The first kappa shape index (κ1) is 9.52. The van der Waals surface area contributed by atoms with Crippen LogP contribution in [0.2, 0.25) is 0 Å². The van der Waals surface area contributed by atoms with Crippen LogP contribution in [-0.4, -0.2) is 12.5 Å². The van der Waals surface area contributed by atoms with Gasteiger partial charge >= 0.3 is 0 Å². The Kier molecular flexibility index (Phi) is 3.53. The van der Waals surface area contributed by atoms with E-state index in [2.05, 4.69) is 0 Å². The van der Waals surface area contributed by atoms with E-state index in [1.807, 2.05) is 0 Å². The summed E-state index contributed by atoms with van der Waals surface area (Å²) < 4.78 is 0. The average molecular weight is 170 g/mol. The summed E-state index contributed by atoms with van der Waals surface area (Å²) in [5, 5.41) is 0. The first-order chi connectivity index (χ1) is 5.75. The van der Waals surface area contributed by atoms with Gasteiger partial charge in [-0.25, -0.2) is 0 Å². The van der Waals surface area contributed by atoms with Crippen molar-refractivity contribution in [3.8, 4) is 0 Å². The van der Waals surface area contributed by atoms with Crippen LogP contribution < -0.4 is 11.5 Å². The van der Waals surface area contributed by atoms with Crippen LogP contribution in [0.5, 0.6) is 0 Å². The molecule has 1 aliphatic carbocycles. The molecule has 3 heteroatoms. The lowest BCUT2D eigenvalue weighted by Gasteiger charge is -2.26. The standard InChI is InChI=1S/C9H18N2O/c10-6-8(9(11)12)7-4-2-1-3-5-7/h7-8H,1-6,10H2,(H2,11,12)/t8-/m0/s1. The third-order valence-corrected chi connectivity index (χ3v) is 2.84. The van der Waals surface area contributed by atoms with Crippen molar-refractivity contribution < 1.29 is 4.79 Å². The quantitative estimate of drug-likeness (QED) is 0.652. The van der Waals surface area contributed by atoms with E-state index in [-0.39, 0.29) is 11.8 Å². The van der Waals surface area contributed by atoms with Gasteiger partial charge in [-0.2, -0.15) is 0 Å². The van der Waals surface area contributed by atoms with Gasteiger partial charge in [-0.1, -0.05) is 19.3 Å². The maximum absolute atomic E-state index is 11.0. The predicted molar refractivity (Wildman–Crippen MR) is 48.3 cm³/mol. The molecule has 1 rings (SSSR count). The zero-order chi connectivity index (χ0) is 8.97. The van der Waals surface area contributed by atoms with Gasteiger partial charge < -0.3 is 11.5 Å². The normalized spacial score (nSPS) is 22.1. The van der Waals surface area contributed by atoms with Gasteiger partial charge in [-0.15, -0.1) is 0 Å². The van der Waals surface area contributed by atoms with Gasteiger partial charge in [0.05, 0.1) is 5.92 Å². The number of nitrogens with two attached hydrogens (primary N) is 2. The molecule has 0 aromatic carbocycles. The SMILES string of the molecule is NC[C@H](C(N)=O)C1CCCCC1. The van der Waals surface area contributed by atoms with Crippen molar-refractivity contribution in [1.82, 2.24) is 0 Å². The Morgan fingerprint density at radius 2 is 1.92 bits per heavy atom. The summed E-state index contributed by atoms with van der Waals surface area (Å²) in [6, 6.07) is 0. The van der Waals surface area contributed by atoms with Gasteiger partial charge in [0.1, 0.15) is 0 Å². The third-order valence-electron chi connectivity index (χ3n) is 2.84. The van der Waals surface area contributed by atoms with E-state index in [0.717, 1.165) is 12.8 Å². The molecule has 0 spiro atoms. The lowest BCUT2D eigenvalue weighted by atomic mass is 9.80. The second kappa shape index (κ2) is 4.45. The molecule has 1 saturated carbocycles. The lowest BCUT2D eigenvalue weighted by Crippen LogP contribution is -2.36. The number of hydrogen-bond donors (Lipinski definition) is 2. The molecule has 12 heavy (non-hydrogen) atoms. The van der Waals surface area contributed by atoms with Crippen molar-refractivity contribution in [2.75, 3.05) is 6.54 Å². The van der Waals surface area contributed by atoms with Crippen LogP contribution >= 0.6 is 0 Å². The van der Waals surface area contributed by atoms with E-state index in [4.69, 9.17) is 11.5 Å². The van der Waals surface area contributed by atoms with Crippen LogP contribution in [0.15, 0.2) is 0 Å². The molecule has 1 fully saturated rings. The third kappa shape index (κ3) is 2.21. The number of amides is 1. The number of rotatable bonds is 3. The van der Waals surface area contributed by atoms with E-state index < -0.39 is 0 Å². The molecule has 4 N–H and O–H groups in total. The maximum atomic E-state index is 11.0. The van der Waals surface area contributed by atoms with E-state index in [1.165, 1.54) is 19.3 Å². The molecular weight excluding hydrogens is 152 g/mol.